The fourth-order valence-corrected chi connectivity index (χ4v) is 3.10. The van der Waals surface area contributed by atoms with E-state index in [1.807, 2.05) is 30.3 Å². The molecule has 2 aromatic rings. The van der Waals surface area contributed by atoms with Crippen LogP contribution < -0.4 is 5.56 Å². The molecule has 0 radical (unpaired) electrons. The number of hydrogen-bond acceptors (Lipinski definition) is 2. The smallest absolute Gasteiger partial charge is 0.251 e. The van der Waals surface area contributed by atoms with Gasteiger partial charge in [0.05, 0.1) is 5.69 Å². The Bertz CT molecular complexity index is 663. The van der Waals surface area contributed by atoms with Gasteiger partial charge in [0.15, 0.2) is 0 Å². The van der Waals surface area contributed by atoms with Crippen LogP contribution >= 0.6 is 0 Å². The van der Waals surface area contributed by atoms with Gasteiger partial charge in [0, 0.05) is 17.5 Å². The molecule has 0 unspecified atom stereocenters. The summed E-state index contributed by atoms with van der Waals surface area (Å²) in [4.78, 5) is 19.6. The molecule has 3 rings (SSSR count). The molecule has 0 saturated heterocycles. The first-order valence-electron chi connectivity index (χ1n) is 7.70. The lowest BCUT2D eigenvalue weighted by atomic mass is 9.73. The van der Waals surface area contributed by atoms with Crippen LogP contribution in [0.1, 0.15) is 51.3 Å². The molecule has 0 spiro atoms. The third-order valence-corrected chi connectivity index (χ3v) is 4.56. The number of aromatic nitrogens is 2. The predicted octanol–water partition coefficient (Wildman–Crippen LogP) is 4.12. The van der Waals surface area contributed by atoms with Crippen molar-refractivity contribution < 1.29 is 0 Å². The van der Waals surface area contributed by atoms with Crippen molar-refractivity contribution in [2.24, 2.45) is 5.41 Å². The summed E-state index contributed by atoms with van der Waals surface area (Å²) in [5.74, 6) is 1.24. The van der Waals surface area contributed by atoms with Crippen LogP contribution in [0.3, 0.4) is 0 Å². The molecule has 1 heterocycles. The lowest BCUT2D eigenvalue weighted by molar-refractivity contribution is 0.220. The van der Waals surface area contributed by atoms with Crippen LogP contribution in [0.15, 0.2) is 41.2 Å². The second-order valence-electron chi connectivity index (χ2n) is 6.82. The zero-order valence-electron chi connectivity index (χ0n) is 12.7. The number of benzene rings is 1. The Morgan fingerprint density at radius 3 is 2.48 bits per heavy atom. The van der Waals surface area contributed by atoms with Gasteiger partial charge in [0.25, 0.3) is 5.56 Å². The minimum Gasteiger partial charge on any atom is -0.310 e. The second kappa shape index (κ2) is 5.47. The molecule has 0 bridgehead atoms. The molecule has 110 valence electrons. The maximum atomic E-state index is 12.0. The third-order valence-electron chi connectivity index (χ3n) is 4.56. The summed E-state index contributed by atoms with van der Waals surface area (Å²) in [6, 6.07) is 11.5. The van der Waals surface area contributed by atoms with Crippen LogP contribution in [0.4, 0.5) is 0 Å². The minimum absolute atomic E-state index is 0.0521. The molecule has 1 aromatic heterocycles. The van der Waals surface area contributed by atoms with Gasteiger partial charge in [-0.1, -0.05) is 44.2 Å². The van der Waals surface area contributed by atoms with Gasteiger partial charge in [-0.3, -0.25) is 4.79 Å². The summed E-state index contributed by atoms with van der Waals surface area (Å²) in [6.07, 6.45) is 4.59. The summed E-state index contributed by atoms with van der Waals surface area (Å²) < 4.78 is 0. The zero-order valence-corrected chi connectivity index (χ0v) is 12.7. The molecule has 1 aromatic carbocycles. The van der Waals surface area contributed by atoms with Crippen LogP contribution in [0.25, 0.3) is 11.3 Å². The molecule has 1 aliphatic carbocycles. The van der Waals surface area contributed by atoms with E-state index < -0.39 is 0 Å². The average Bonchev–Trinajstić information content (AvgIpc) is 2.47. The van der Waals surface area contributed by atoms with Crippen molar-refractivity contribution in [3.8, 4) is 11.3 Å². The number of nitrogens with one attached hydrogen (secondary N) is 1. The van der Waals surface area contributed by atoms with E-state index in [1.54, 1.807) is 6.07 Å². The Morgan fingerprint density at radius 2 is 1.81 bits per heavy atom. The standard InChI is InChI=1S/C18H22N2O/c1-18(2)10-8-14(9-11-18)17-19-15(12-16(21)20-17)13-6-4-3-5-7-13/h3-7,12,14H,8-11H2,1-2H3,(H,19,20,21). The maximum absolute atomic E-state index is 12.0. The Kier molecular flexibility index (Phi) is 3.66. The molecule has 0 aliphatic heterocycles. The van der Waals surface area contributed by atoms with E-state index in [1.165, 1.54) is 12.8 Å². The fraction of sp³-hybridized carbons (Fsp3) is 0.444. The Hall–Kier alpha value is -1.90. The summed E-state index contributed by atoms with van der Waals surface area (Å²) in [5, 5.41) is 0. The summed E-state index contributed by atoms with van der Waals surface area (Å²) in [7, 11) is 0. The Balaban J connectivity index is 1.91. The highest BCUT2D eigenvalue weighted by Gasteiger charge is 2.28. The van der Waals surface area contributed by atoms with Crippen molar-refractivity contribution in [2.45, 2.75) is 45.4 Å². The van der Waals surface area contributed by atoms with Gasteiger partial charge in [-0.2, -0.15) is 0 Å². The van der Waals surface area contributed by atoms with Crippen molar-refractivity contribution in [3.05, 3.63) is 52.6 Å². The van der Waals surface area contributed by atoms with Crippen LogP contribution in [-0.2, 0) is 0 Å². The number of H-pyrrole nitrogens is 1. The minimum atomic E-state index is -0.0521. The second-order valence-corrected chi connectivity index (χ2v) is 6.82. The van der Waals surface area contributed by atoms with E-state index in [0.29, 0.717) is 11.3 Å². The lowest BCUT2D eigenvalue weighted by Gasteiger charge is -2.33. The molecule has 1 saturated carbocycles. The van der Waals surface area contributed by atoms with Gasteiger partial charge >= 0.3 is 0 Å². The van der Waals surface area contributed by atoms with E-state index >= 15 is 0 Å². The third kappa shape index (κ3) is 3.23. The van der Waals surface area contributed by atoms with E-state index in [4.69, 9.17) is 4.98 Å². The number of aromatic amines is 1. The number of rotatable bonds is 2. The average molecular weight is 282 g/mol. The van der Waals surface area contributed by atoms with Crippen molar-refractivity contribution in [1.82, 2.24) is 9.97 Å². The van der Waals surface area contributed by atoms with Gasteiger partial charge in [0.1, 0.15) is 5.82 Å². The fourth-order valence-electron chi connectivity index (χ4n) is 3.10. The Morgan fingerprint density at radius 1 is 1.14 bits per heavy atom. The number of nitrogens with zero attached hydrogens (tertiary/aromatic N) is 1. The van der Waals surface area contributed by atoms with E-state index in [-0.39, 0.29) is 5.56 Å². The monoisotopic (exact) mass is 282 g/mol. The van der Waals surface area contributed by atoms with Gasteiger partial charge < -0.3 is 4.98 Å². The van der Waals surface area contributed by atoms with Crippen molar-refractivity contribution in [2.75, 3.05) is 0 Å². The summed E-state index contributed by atoms with van der Waals surface area (Å²) in [5.41, 5.74) is 2.15. The zero-order chi connectivity index (χ0) is 14.9. The van der Waals surface area contributed by atoms with E-state index in [0.717, 1.165) is 29.9 Å². The molecule has 1 fully saturated rings. The molecular weight excluding hydrogens is 260 g/mol. The van der Waals surface area contributed by atoms with Crippen LogP contribution in [0.2, 0.25) is 0 Å². The molecule has 3 nitrogen and oxygen atoms in total. The lowest BCUT2D eigenvalue weighted by Crippen LogP contribution is -2.23. The van der Waals surface area contributed by atoms with Gasteiger partial charge in [0.2, 0.25) is 0 Å². The first kappa shape index (κ1) is 14.1. The predicted molar refractivity (Wildman–Crippen MR) is 85.3 cm³/mol. The van der Waals surface area contributed by atoms with E-state index in [9.17, 15) is 4.79 Å². The van der Waals surface area contributed by atoms with Gasteiger partial charge in [-0.05, 0) is 31.1 Å². The van der Waals surface area contributed by atoms with Crippen LogP contribution in [-0.4, -0.2) is 9.97 Å². The maximum Gasteiger partial charge on any atom is 0.251 e. The highest BCUT2D eigenvalue weighted by molar-refractivity contribution is 5.58. The topological polar surface area (TPSA) is 45.8 Å². The highest BCUT2D eigenvalue weighted by atomic mass is 16.1. The Labute approximate surface area is 125 Å². The molecule has 1 N–H and O–H groups in total. The van der Waals surface area contributed by atoms with Crippen molar-refractivity contribution in [3.63, 3.8) is 0 Å². The van der Waals surface area contributed by atoms with Crippen LogP contribution in [0, 0.1) is 5.41 Å². The normalized spacial score (nSPS) is 18.6. The first-order chi connectivity index (χ1) is 10.0. The molecule has 3 heteroatoms. The first-order valence-corrected chi connectivity index (χ1v) is 7.70. The van der Waals surface area contributed by atoms with Crippen molar-refractivity contribution in [1.29, 1.82) is 0 Å². The summed E-state index contributed by atoms with van der Waals surface area (Å²) in [6.45, 7) is 4.64. The molecule has 0 atom stereocenters. The molecule has 1 aliphatic rings. The van der Waals surface area contributed by atoms with E-state index in [2.05, 4.69) is 18.8 Å². The molecule has 0 amide bonds. The van der Waals surface area contributed by atoms with Crippen LogP contribution in [0.5, 0.6) is 0 Å². The highest BCUT2D eigenvalue weighted by Crippen LogP contribution is 2.41. The largest absolute Gasteiger partial charge is 0.310 e. The SMILES string of the molecule is CC1(C)CCC(c2nc(-c3ccccc3)cc(=O)[nH]2)CC1. The van der Waals surface area contributed by atoms with Gasteiger partial charge in [-0.15, -0.1) is 0 Å². The summed E-state index contributed by atoms with van der Waals surface area (Å²) >= 11 is 0. The molecule has 21 heavy (non-hydrogen) atoms. The quantitative estimate of drug-likeness (QED) is 0.900. The number of hydrogen-bond donors (Lipinski definition) is 1. The van der Waals surface area contributed by atoms with Crippen molar-refractivity contribution >= 4 is 0 Å². The van der Waals surface area contributed by atoms with Gasteiger partial charge in [-0.25, -0.2) is 4.98 Å². The molecular formula is C18H22N2O.